The zero-order valence-corrected chi connectivity index (χ0v) is 22.6. The number of amides is 5. The molecule has 1 aromatic carbocycles. The third kappa shape index (κ3) is 5.12. The lowest BCUT2D eigenvalue weighted by molar-refractivity contribution is -0.136. The van der Waals surface area contributed by atoms with Gasteiger partial charge in [0.15, 0.2) is 11.5 Å². The molecule has 41 heavy (non-hydrogen) atoms. The van der Waals surface area contributed by atoms with Crippen LogP contribution in [-0.2, 0) is 9.59 Å². The molecule has 0 bridgehead atoms. The molecule has 6 rings (SSSR count). The van der Waals surface area contributed by atoms with Crippen LogP contribution in [0.25, 0.3) is 0 Å². The summed E-state index contributed by atoms with van der Waals surface area (Å²) < 4.78 is 0. The van der Waals surface area contributed by atoms with Gasteiger partial charge in [-0.2, -0.15) is 0 Å². The third-order valence-electron chi connectivity index (χ3n) is 8.50. The molecule has 3 fully saturated rings. The number of hydrogen-bond donors (Lipinski definition) is 2. The van der Waals surface area contributed by atoms with Gasteiger partial charge in [0, 0.05) is 70.3 Å². The Labute approximate surface area is 236 Å². The molecule has 1 aromatic heterocycles. The van der Waals surface area contributed by atoms with Crippen molar-refractivity contribution in [2.45, 2.75) is 31.7 Å². The van der Waals surface area contributed by atoms with Gasteiger partial charge in [-0.3, -0.25) is 39.1 Å². The van der Waals surface area contributed by atoms with Crippen LogP contribution in [0.1, 0.15) is 56.9 Å². The summed E-state index contributed by atoms with van der Waals surface area (Å²) in [5, 5.41) is 2.22. The van der Waals surface area contributed by atoms with E-state index in [1.165, 1.54) is 6.20 Å². The van der Waals surface area contributed by atoms with Gasteiger partial charge in [-0.15, -0.1) is 0 Å². The van der Waals surface area contributed by atoms with Crippen LogP contribution in [0.4, 0.5) is 11.5 Å². The monoisotopic (exact) mass is 560 g/mol. The number of hydrogen-bond acceptors (Lipinski definition) is 10. The zero-order chi connectivity index (χ0) is 28.7. The average Bonchev–Trinajstić information content (AvgIpc) is 3.22. The molecule has 13 nitrogen and oxygen atoms in total. The van der Waals surface area contributed by atoms with Crippen LogP contribution in [-0.4, -0.2) is 101 Å². The van der Waals surface area contributed by atoms with Gasteiger partial charge >= 0.3 is 0 Å². The lowest BCUT2D eigenvalue weighted by atomic mass is 9.95. The quantitative estimate of drug-likeness (QED) is 0.461. The van der Waals surface area contributed by atoms with E-state index in [1.807, 2.05) is 6.07 Å². The van der Waals surface area contributed by atoms with Gasteiger partial charge in [0.2, 0.25) is 11.8 Å². The number of primary amides is 1. The number of carbonyl (C=O) groups is 5. The Morgan fingerprint density at radius 2 is 1.59 bits per heavy atom. The first-order valence-corrected chi connectivity index (χ1v) is 14.0. The van der Waals surface area contributed by atoms with E-state index in [0.717, 1.165) is 69.2 Å². The predicted molar refractivity (Wildman–Crippen MR) is 147 cm³/mol. The van der Waals surface area contributed by atoms with Gasteiger partial charge < -0.3 is 15.5 Å². The molecule has 0 radical (unpaired) electrons. The van der Waals surface area contributed by atoms with E-state index in [9.17, 15) is 24.0 Å². The molecule has 5 amide bonds. The fourth-order valence-corrected chi connectivity index (χ4v) is 6.27. The van der Waals surface area contributed by atoms with E-state index < -0.39 is 35.6 Å². The van der Waals surface area contributed by atoms with Crippen molar-refractivity contribution in [2.24, 2.45) is 11.7 Å². The van der Waals surface area contributed by atoms with Gasteiger partial charge in [-0.25, -0.2) is 9.97 Å². The van der Waals surface area contributed by atoms with E-state index in [-0.39, 0.29) is 24.1 Å². The number of rotatable bonds is 6. The van der Waals surface area contributed by atoms with Crippen LogP contribution in [0.15, 0.2) is 30.6 Å². The number of piperazine rings is 1. The van der Waals surface area contributed by atoms with E-state index in [1.54, 1.807) is 18.3 Å². The number of nitrogens with zero attached hydrogens (tertiary/aromatic N) is 6. The molecule has 214 valence electrons. The number of aromatic nitrogens is 2. The minimum absolute atomic E-state index is 0.0936. The second-order valence-electron chi connectivity index (χ2n) is 11.0. The topological polar surface area (TPSA) is 162 Å². The highest BCUT2D eigenvalue weighted by Crippen LogP contribution is 2.31. The van der Waals surface area contributed by atoms with Gasteiger partial charge in [0.25, 0.3) is 17.7 Å². The second kappa shape index (κ2) is 10.9. The SMILES string of the molecule is NC(=O)c1nccnc1N1CCC(CN2CCN(c3ccc4c(c3)C(=O)N(C3CCC(=O)NC3=O)C4=O)CC2)CC1. The molecule has 1 unspecified atom stereocenters. The second-order valence-corrected chi connectivity index (χ2v) is 11.0. The molecule has 1 atom stereocenters. The first-order chi connectivity index (χ1) is 19.8. The van der Waals surface area contributed by atoms with Crippen LogP contribution in [0.5, 0.6) is 0 Å². The van der Waals surface area contributed by atoms with Crippen LogP contribution >= 0.6 is 0 Å². The average molecular weight is 561 g/mol. The van der Waals surface area contributed by atoms with Crippen molar-refractivity contribution in [3.63, 3.8) is 0 Å². The van der Waals surface area contributed by atoms with Gasteiger partial charge in [0.05, 0.1) is 11.1 Å². The first-order valence-electron chi connectivity index (χ1n) is 14.0. The summed E-state index contributed by atoms with van der Waals surface area (Å²) in [5.41, 5.74) is 7.15. The Morgan fingerprint density at radius 3 is 2.29 bits per heavy atom. The molecule has 0 spiro atoms. The Bertz CT molecular complexity index is 1410. The van der Waals surface area contributed by atoms with Crippen molar-refractivity contribution in [3.8, 4) is 0 Å². The molecule has 0 saturated carbocycles. The maximum Gasteiger partial charge on any atom is 0.271 e. The van der Waals surface area contributed by atoms with Crippen LogP contribution in [0, 0.1) is 5.92 Å². The molecule has 4 aliphatic heterocycles. The molecule has 0 aliphatic carbocycles. The number of piperidine rings is 2. The van der Waals surface area contributed by atoms with E-state index in [4.69, 9.17) is 5.73 Å². The maximum absolute atomic E-state index is 13.2. The lowest BCUT2D eigenvalue weighted by Gasteiger charge is -2.40. The summed E-state index contributed by atoms with van der Waals surface area (Å²) in [6.45, 7) is 5.91. The molecule has 3 saturated heterocycles. The van der Waals surface area contributed by atoms with Crippen LogP contribution in [0.3, 0.4) is 0 Å². The van der Waals surface area contributed by atoms with Crippen molar-refractivity contribution in [2.75, 3.05) is 55.6 Å². The summed E-state index contributed by atoms with van der Waals surface area (Å²) in [4.78, 5) is 77.9. The fraction of sp³-hybridized carbons (Fsp3) is 0.464. The van der Waals surface area contributed by atoms with Gasteiger partial charge in [-0.1, -0.05) is 0 Å². The number of nitrogens with one attached hydrogen (secondary N) is 1. The number of nitrogens with two attached hydrogens (primary N) is 1. The van der Waals surface area contributed by atoms with E-state index in [2.05, 4.69) is 30.0 Å². The summed E-state index contributed by atoms with van der Waals surface area (Å²) >= 11 is 0. The summed E-state index contributed by atoms with van der Waals surface area (Å²) in [6.07, 6.45) is 5.26. The number of anilines is 2. The van der Waals surface area contributed by atoms with Crippen molar-refractivity contribution in [1.29, 1.82) is 0 Å². The molecular formula is C28H32N8O5. The Kier molecular flexibility index (Phi) is 7.12. The fourth-order valence-electron chi connectivity index (χ4n) is 6.27. The minimum Gasteiger partial charge on any atom is -0.369 e. The molecule has 3 N–H and O–H groups in total. The first kappa shape index (κ1) is 26.8. The lowest BCUT2D eigenvalue weighted by Crippen LogP contribution is -2.54. The van der Waals surface area contributed by atoms with Crippen molar-refractivity contribution in [1.82, 2.24) is 25.1 Å². The van der Waals surface area contributed by atoms with Crippen molar-refractivity contribution >= 4 is 41.0 Å². The summed E-state index contributed by atoms with van der Waals surface area (Å²) in [7, 11) is 0. The summed E-state index contributed by atoms with van der Waals surface area (Å²) in [6, 6.07) is 4.30. The standard InChI is InChI=1S/C28H32N8O5/c29-24(38)23-25(31-8-7-30-23)35-9-5-17(6-10-35)16-33-11-13-34(14-12-33)18-1-2-19-20(15-18)28(41)36(27(19)40)21-3-4-22(37)32-26(21)39/h1-2,7-8,15,17,21H,3-6,9-14,16H2,(H2,29,38)(H,32,37,39). The number of carbonyl (C=O) groups excluding carboxylic acids is 5. The zero-order valence-electron chi connectivity index (χ0n) is 22.6. The van der Waals surface area contributed by atoms with Crippen molar-refractivity contribution < 1.29 is 24.0 Å². The molecule has 2 aromatic rings. The highest BCUT2D eigenvalue weighted by Gasteiger charge is 2.44. The maximum atomic E-state index is 13.2. The number of fused-ring (bicyclic) bond motifs is 1. The highest BCUT2D eigenvalue weighted by atomic mass is 16.2. The Hall–Kier alpha value is -4.39. The predicted octanol–water partition coefficient (Wildman–Crippen LogP) is 0.0153. The van der Waals surface area contributed by atoms with Gasteiger partial charge in [0.1, 0.15) is 6.04 Å². The minimum atomic E-state index is -0.968. The highest BCUT2D eigenvalue weighted by molar-refractivity contribution is 6.23. The molecule has 13 heteroatoms. The molecule has 5 heterocycles. The van der Waals surface area contributed by atoms with E-state index in [0.29, 0.717) is 17.3 Å². The van der Waals surface area contributed by atoms with Crippen molar-refractivity contribution in [3.05, 3.63) is 47.4 Å². The Morgan fingerprint density at radius 1 is 0.878 bits per heavy atom. The van der Waals surface area contributed by atoms with Crippen LogP contribution < -0.4 is 20.9 Å². The normalized spacial score (nSPS) is 22.2. The number of benzene rings is 1. The smallest absolute Gasteiger partial charge is 0.271 e. The Balaban J connectivity index is 1.03. The molecule has 4 aliphatic rings. The van der Waals surface area contributed by atoms with Crippen LogP contribution in [0.2, 0.25) is 0 Å². The molecular weight excluding hydrogens is 528 g/mol. The van der Waals surface area contributed by atoms with E-state index >= 15 is 0 Å². The van der Waals surface area contributed by atoms with Gasteiger partial charge in [-0.05, 0) is 43.4 Å². The summed E-state index contributed by atoms with van der Waals surface area (Å²) in [5.74, 6) is -1.46. The number of imide groups is 2. The largest absolute Gasteiger partial charge is 0.369 e. The third-order valence-corrected chi connectivity index (χ3v) is 8.50.